The normalized spacial score (nSPS) is 14.8. The van der Waals surface area contributed by atoms with E-state index in [-0.39, 0.29) is 0 Å². The molecule has 2 nitrogen and oxygen atoms in total. The quantitative estimate of drug-likeness (QED) is 0.620. The van der Waals surface area contributed by atoms with Crippen LogP contribution in [0.5, 0.6) is 0 Å². The summed E-state index contributed by atoms with van der Waals surface area (Å²) in [5.41, 5.74) is 6.89. The average Bonchev–Trinajstić information content (AvgIpc) is 3.30. The van der Waals surface area contributed by atoms with Crippen LogP contribution < -0.4 is 5.32 Å². The number of aliphatic imine (C=N–C) groups is 1. The summed E-state index contributed by atoms with van der Waals surface area (Å²) in [7, 11) is 0. The van der Waals surface area contributed by atoms with Gasteiger partial charge in [-0.05, 0) is 56.2 Å². The van der Waals surface area contributed by atoms with Gasteiger partial charge in [-0.15, -0.1) is 0 Å². The van der Waals surface area contributed by atoms with Gasteiger partial charge in [0.05, 0.1) is 6.54 Å². The van der Waals surface area contributed by atoms with Crippen molar-refractivity contribution in [2.45, 2.75) is 46.5 Å². The number of aryl methyl sites for hydroxylation is 1. The van der Waals surface area contributed by atoms with E-state index in [0.29, 0.717) is 6.54 Å². The second kappa shape index (κ2) is 7.44. The van der Waals surface area contributed by atoms with Crippen molar-refractivity contribution in [3.05, 3.63) is 48.2 Å². The van der Waals surface area contributed by atoms with E-state index in [0.717, 1.165) is 34.9 Å². The van der Waals surface area contributed by atoms with Crippen LogP contribution in [-0.4, -0.2) is 12.3 Å². The topological polar surface area (TPSA) is 24.4 Å². The second-order valence-corrected chi connectivity index (χ2v) is 6.37. The van der Waals surface area contributed by atoms with Gasteiger partial charge in [0, 0.05) is 17.1 Å². The molecule has 0 aromatic heterocycles. The Hall–Kier alpha value is -1.83. The lowest BCUT2D eigenvalue weighted by Crippen LogP contribution is -2.07. The molecule has 1 saturated carbocycles. The standard InChI is InChI=1S/C20H28N2/c1-6-7-19(17-10-11-17)21-13-16(5)22-20-12-18(14(2)3)9-8-15(20)4/h8-9,12,17,22H,2,5-7,10-11,13H2,1,3-4H3. The van der Waals surface area contributed by atoms with E-state index >= 15 is 0 Å². The summed E-state index contributed by atoms with van der Waals surface area (Å²) in [4.78, 5) is 4.80. The zero-order valence-electron chi connectivity index (χ0n) is 14.2. The molecule has 118 valence electrons. The zero-order chi connectivity index (χ0) is 16.1. The summed E-state index contributed by atoms with van der Waals surface area (Å²) >= 11 is 0. The van der Waals surface area contributed by atoms with E-state index in [2.05, 4.69) is 50.5 Å². The van der Waals surface area contributed by atoms with E-state index in [9.17, 15) is 0 Å². The maximum Gasteiger partial charge on any atom is 0.0783 e. The van der Waals surface area contributed by atoms with Crippen LogP contribution in [0.15, 0.2) is 42.0 Å². The molecule has 0 aliphatic heterocycles. The largest absolute Gasteiger partial charge is 0.358 e. The summed E-state index contributed by atoms with van der Waals surface area (Å²) in [6, 6.07) is 6.37. The van der Waals surface area contributed by atoms with Gasteiger partial charge in [0.2, 0.25) is 0 Å². The van der Waals surface area contributed by atoms with Gasteiger partial charge in [-0.3, -0.25) is 4.99 Å². The maximum atomic E-state index is 4.80. The van der Waals surface area contributed by atoms with Crippen LogP contribution in [0.25, 0.3) is 5.57 Å². The maximum absolute atomic E-state index is 4.80. The number of anilines is 1. The lowest BCUT2D eigenvalue weighted by Gasteiger charge is -2.13. The fourth-order valence-corrected chi connectivity index (χ4v) is 2.53. The summed E-state index contributed by atoms with van der Waals surface area (Å²) < 4.78 is 0. The van der Waals surface area contributed by atoms with Gasteiger partial charge < -0.3 is 5.32 Å². The highest BCUT2D eigenvalue weighted by Crippen LogP contribution is 2.32. The molecule has 1 aromatic rings. The van der Waals surface area contributed by atoms with Gasteiger partial charge in [-0.1, -0.05) is 44.2 Å². The third-order valence-electron chi connectivity index (χ3n) is 4.07. The van der Waals surface area contributed by atoms with Crippen molar-refractivity contribution < 1.29 is 0 Å². The Morgan fingerprint density at radius 1 is 1.32 bits per heavy atom. The van der Waals surface area contributed by atoms with E-state index in [4.69, 9.17) is 4.99 Å². The minimum absolute atomic E-state index is 0.669. The molecule has 0 atom stereocenters. The first-order valence-corrected chi connectivity index (χ1v) is 8.25. The van der Waals surface area contributed by atoms with Crippen molar-refractivity contribution in [2.75, 3.05) is 11.9 Å². The Balaban J connectivity index is 2.01. The van der Waals surface area contributed by atoms with Gasteiger partial charge in [0.15, 0.2) is 0 Å². The molecule has 2 rings (SSSR count). The molecule has 0 bridgehead atoms. The van der Waals surface area contributed by atoms with Crippen molar-refractivity contribution in [1.29, 1.82) is 0 Å². The fraction of sp³-hybridized carbons (Fsp3) is 0.450. The highest BCUT2D eigenvalue weighted by atomic mass is 14.9. The highest BCUT2D eigenvalue weighted by Gasteiger charge is 2.26. The monoisotopic (exact) mass is 296 g/mol. The number of allylic oxidation sites excluding steroid dienone is 1. The zero-order valence-corrected chi connectivity index (χ0v) is 14.2. The summed E-state index contributed by atoms with van der Waals surface area (Å²) in [5.74, 6) is 0.751. The third-order valence-corrected chi connectivity index (χ3v) is 4.07. The van der Waals surface area contributed by atoms with E-state index < -0.39 is 0 Å². The number of hydrogen-bond donors (Lipinski definition) is 1. The van der Waals surface area contributed by atoms with Crippen molar-refractivity contribution in [3.63, 3.8) is 0 Å². The Kier molecular flexibility index (Phi) is 5.59. The summed E-state index contributed by atoms with van der Waals surface area (Å²) in [6.07, 6.45) is 4.94. The molecule has 1 aliphatic carbocycles. The van der Waals surface area contributed by atoms with Crippen LogP contribution in [0.3, 0.4) is 0 Å². The number of nitrogens with one attached hydrogen (secondary N) is 1. The van der Waals surface area contributed by atoms with Crippen LogP contribution in [0, 0.1) is 12.8 Å². The van der Waals surface area contributed by atoms with Crippen LogP contribution >= 0.6 is 0 Å². The van der Waals surface area contributed by atoms with Crippen LogP contribution in [0.2, 0.25) is 0 Å². The molecule has 0 heterocycles. The number of benzene rings is 1. The van der Waals surface area contributed by atoms with Gasteiger partial charge in [0.1, 0.15) is 0 Å². The number of nitrogens with zero attached hydrogens (tertiary/aromatic N) is 1. The summed E-state index contributed by atoms with van der Waals surface area (Å²) in [6.45, 7) is 15.2. The molecule has 1 aliphatic rings. The molecule has 2 heteroatoms. The molecule has 0 amide bonds. The van der Waals surface area contributed by atoms with E-state index in [1.807, 2.05) is 6.92 Å². The molecule has 0 radical (unpaired) electrons. The molecule has 0 spiro atoms. The molecule has 22 heavy (non-hydrogen) atoms. The summed E-state index contributed by atoms with van der Waals surface area (Å²) in [5, 5.41) is 3.42. The molecule has 0 unspecified atom stereocenters. The van der Waals surface area contributed by atoms with Gasteiger partial charge in [-0.25, -0.2) is 0 Å². The Morgan fingerprint density at radius 3 is 2.64 bits per heavy atom. The third kappa shape index (κ3) is 4.59. The minimum Gasteiger partial charge on any atom is -0.358 e. The van der Waals surface area contributed by atoms with Gasteiger partial charge >= 0.3 is 0 Å². The van der Waals surface area contributed by atoms with E-state index in [1.54, 1.807) is 0 Å². The molecular formula is C20H28N2. The predicted molar refractivity (Wildman–Crippen MR) is 98.6 cm³/mol. The Bertz CT molecular complexity index is 592. The molecule has 1 fully saturated rings. The van der Waals surface area contributed by atoms with Gasteiger partial charge in [-0.2, -0.15) is 0 Å². The predicted octanol–water partition coefficient (Wildman–Crippen LogP) is 5.60. The molecule has 1 aromatic carbocycles. The lowest BCUT2D eigenvalue weighted by atomic mass is 10.1. The smallest absolute Gasteiger partial charge is 0.0783 e. The molecule has 1 N–H and O–H groups in total. The average molecular weight is 296 g/mol. The minimum atomic E-state index is 0.669. The first kappa shape index (κ1) is 16.5. The van der Waals surface area contributed by atoms with Crippen LogP contribution in [0.4, 0.5) is 5.69 Å². The Morgan fingerprint density at radius 2 is 2.05 bits per heavy atom. The van der Waals surface area contributed by atoms with Crippen molar-refractivity contribution in [2.24, 2.45) is 10.9 Å². The second-order valence-electron chi connectivity index (χ2n) is 6.37. The van der Waals surface area contributed by atoms with Gasteiger partial charge in [0.25, 0.3) is 0 Å². The number of hydrogen-bond acceptors (Lipinski definition) is 2. The number of rotatable bonds is 8. The molecular weight excluding hydrogens is 268 g/mol. The lowest BCUT2D eigenvalue weighted by molar-refractivity contribution is 0.932. The highest BCUT2D eigenvalue weighted by molar-refractivity contribution is 5.88. The SMILES string of the molecule is C=C(CN=C(CCC)C1CC1)Nc1cc(C(=C)C)ccc1C. The van der Waals surface area contributed by atoms with E-state index in [1.165, 1.54) is 30.5 Å². The van der Waals surface area contributed by atoms with Crippen molar-refractivity contribution in [3.8, 4) is 0 Å². The fourth-order valence-electron chi connectivity index (χ4n) is 2.53. The first-order valence-electron chi connectivity index (χ1n) is 8.25. The first-order chi connectivity index (χ1) is 10.5. The molecule has 0 saturated heterocycles. The van der Waals surface area contributed by atoms with Crippen molar-refractivity contribution in [1.82, 2.24) is 0 Å². The van der Waals surface area contributed by atoms with Crippen LogP contribution in [-0.2, 0) is 0 Å². The Labute approximate surface area is 135 Å². The van der Waals surface area contributed by atoms with Crippen LogP contribution in [0.1, 0.15) is 50.7 Å². The van der Waals surface area contributed by atoms with Crippen molar-refractivity contribution >= 4 is 17.0 Å².